The molecule has 1 aromatic heterocycles. The van der Waals surface area contributed by atoms with Crippen LogP contribution in [0.2, 0.25) is 0 Å². The molecule has 1 aliphatic rings. The van der Waals surface area contributed by atoms with E-state index in [0.717, 1.165) is 30.2 Å². The molecular formula is C16H22N4O3S. The lowest BCUT2D eigenvalue weighted by Crippen LogP contribution is -2.42. The van der Waals surface area contributed by atoms with E-state index in [1.54, 1.807) is 10.9 Å². The Balaban J connectivity index is 1.55. The van der Waals surface area contributed by atoms with Crippen molar-refractivity contribution in [3.63, 3.8) is 0 Å². The van der Waals surface area contributed by atoms with Gasteiger partial charge in [-0.1, -0.05) is 24.6 Å². The number of carbonyl (C=O) groups is 1. The van der Waals surface area contributed by atoms with Crippen molar-refractivity contribution in [3.8, 4) is 0 Å². The quantitative estimate of drug-likeness (QED) is 0.808. The van der Waals surface area contributed by atoms with Gasteiger partial charge in [0.05, 0.1) is 18.0 Å². The molecule has 0 aliphatic heterocycles. The van der Waals surface area contributed by atoms with E-state index in [-0.39, 0.29) is 24.4 Å². The van der Waals surface area contributed by atoms with Gasteiger partial charge in [-0.05, 0) is 24.8 Å². The first kappa shape index (κ1) is 16.9. The number of carbonyl (C=O) groups excluding carboxylic acids is 1. The largest absolute Gasteiger partial charge is 0.354 e. The van der Waals surface area contributed by atoms with Crippen molar-refractivity contribution >= 4 is 26.8 Å². The van der Waals surface area contributed by atoms with E-state index in [0.29, 0.717) is 6.54 Å². The van der Waals surface area contributed by atoms with Crippen molar-refractivity contribution in [1.82, 2.24) is 19.8 Å². The van der Waals surface area contributed by atoms with Crippen molar-refractivity contribution < 1.29 is 13.2 Å². The minimum absolute atomic E-state index is 0.0918. The standard InChI is InChI=1S/C16H22N4O3S/c1-24(22,23)19-14-7-4-6-12(14)9-17-16(21)11-20-15-8-3-2-5-13(15)10-18-20/h2-3,5,8,10,12,14,19H,4,6-7,9,11H2,1H3,(H,17,21)/t12-,14+/m1/s1. The van der Waals surface area contributed by atoms with E-state index in [2.05, 4.69) is 15.1 Å². The molecule has 1 aromatic carbocycles. The second kappa shape index (κ2) is 6.90. The topological polar surface area (TPSA) is 93.1 Å². The van der Waals surface area contributed by atoms with Gasteiger partial charge in [0, 0.05) is 18.0 Å². The third kappa shape index (κ3) is 4.12. The molecule has 1 fully saturated rings. The molecule has 1 aliphatic carbocycles. The summed E-state index contributed by atoms with van der Waals surface area (Å²) in [5, 5.41) is 8.15. The summed E-state index contributed by atoms with van der Waals surface area (Å²) in [7, 11) is -3.22. The van der Waals surface area contributed by atoms with Crippen LogP contribution in [0.25, 0.3) is 10.9 Å². The first-order valence-electron chi connectivity index (χ1n) is 8.07. The first-order valence-corrected chi connectivity index (χ1v) is 9.96. The highest BCUT2D eigenvalue weighted by Crippen LogP contribution is 2.25. The molecule has 24 heavy (non-hydrogen) atoms. The molecule has 0 bridgehead atoms. The summed E-state index contributed by atoms with van der Waals surface area (Å²) in [6.07, 6.45) is 5.61. The summed E-state index contributed by atoms with van der Waals surface area (Å²) in [4.78, 5) is 12.2. The minimum atomic E-state index is -3.22. The van der Waals surface area contributed by atoms with Gasteiger partial charge >= 0.3 is 0 Å². The predicted molar refractivity (Wildman–Crippen MR) is 91.9 cm³/mol. The van der Waals surface area contributed by atoms with Crippen LogP contribution in [0.15, 0.2) is 30.5 Å². The van der Waals surface area contributed by atoms with E-state index in [9.17, 15) is 13.2 Å². The summed E-state index contributed by atoms with van der Waals surface area (Å²) in [6, 6.07) is 7.64. The van der Waals surface area contributed by atoms with Gasteiger partial charge in [-0.3, -0.25) is 9.48 Å². The Labute approximate surface area is 141 Å². The van der Waals surface area contributed by atoms with E-state index < -0.39 is 10.0 Å². The molecule has 2 N–H and O–H groups in total. The van der Waals surface area contributed by atoms with Crippen LogP contribution in [0.4, 0.5) is 0 Å². The highest BCUT2D eigenvalue weighted by Gasteiger charge is 2.29. The third-order valence-electron chi connectivity index (χ3n) is 4.43. The maximum absolute atomic E-state index is 12.2. The number of amides is 1. The smallest absolute Gasteiger partial charge is 0.241 e. The molecular weight excluding hydrogens is 328 g/mol. The second-order valence-electron chi connectivity index (χ2n) is 6.35. The van der Waals surface area contributed by atoms with Crippen LogP contribution in [0.3, 0.4) is 0 Å². The Morgan fingerprint density at radius 1 is 1.33 bits per heavy atom. The number of nitrogens with one attached hydrogen (secondary N) is 2. The van der Waals surface area contributed by atoms with Crippen molar-refractivity contribution in [2.75, 3.05) is 12.8 Å². The Hall–Kier alpha value is -1.93. The fourth-order valence-corrected chi connectivity index (χ4v) is 4.16. The molecule has 0 radical (unpaired) electrons. The van der Waals surface area contributed by atoms with Crippen molar-refractivity contribution in [2.24, 2.45) is 5.92 Å². The number of aromatic nitrogens is 2. The van der Waals surface area contributed by atoms with Crippen molar-refractivity contribution in [3.05, 3.63) is 30.5 Å². The van der Waals surface area contributed by atoms with Gasteiger partial charge in [-0.25, -0.2) is 13.1 Å². The van der Waals surface area contributed by atoms with Gasteiger partial charge in [-0.2, -0.15) is 5.10 Å². The molecule has 0 unspecified atom stereocenters. The molecule has 7 nitrogen and oxygen atoms in total. The van der Waals surface area contributed by atoms with Crippen LogP contribution in [-0.2, 0) is 21.4 Å². The van der Waals surface area contributed by atoms with E-state index in [4.69, 9.17) is 0 Å². The minimum Gasteiger partial charge on any atom is -0.354 e. The molecule has 1 amide bonds. The molecule has 1 saturated carbocycles. The average molecular weight is 350 g/mol. The maximum atomic E-state index is 12.2. The highest BCUT2D eigenvalue weighted by molar-refractivity contribution is 7.88. The molecule has 0 saturated heterocycles. The van der Waals surface area contributed by atoms with Crippen LogP contribution < -0.4 is 10.0 Å². The Morgan fingerprint density at radius 3 is 2.92 bits per heavy atom. The number of benzene rings is 1. The molecule has 1 heterocycles. The van der Waals surface area contributed by atoms with Gasteiger partial charge < -0.3 is 5.32 Å². The van der Waals surface area contributed by atoms with Crippen LogP contribution in [0, 0.1) is 5.92 Å². The lowest BCUT2D eigenvalue weighted by molar-refractivity contribution is -0.121. The summed E-state index contributed by atoms with van der Waals surface area (Å²) in [6.45, 7) is 0.635. The van der Waals surface area contributed by atoms with Crippen LogP contribution in [0.5, 0.6) is 0 Å². The number of nitrogens with zero attached hydrogens (tertiary/aromatic N) is 2. The van der Waals surface area contributed by atoms with Gasteiger partial charge in [0.2, 0.25) is 15.9 Å². The number of sulfonamides is 1. The third-order valence-corrected chi connectivity index (χ3v) is 5.16. The van der Waals surface area contributed by atoms with Gasteiger partial charge in [-0.15, -0.1) is 0 Å². The summed E-state index contributed by atoms with van der Waals surface area (Å²) in [5.41, 5.74) is 0.921. The van der Waals surface area contributed by atoms with Crippen molar-refractivity contribution in [1.29, 1.82) is 0 Å². The fourth-order valence-electron chi connectivity index (χ4n) is 3.30. The lowest BCUT2D eigenvalue weighted by atomic mass is 10.0. The zero-order valence-corrected chi connectivity index (χ0v) is 14.4. The lowest BCUT2D eigenvalue weighted by Gasteiger charge is -2.20. The fraction of sp³-hybridized carbons (Fsp3) is 0.500. The van der Waals surface area contributed by atoms with E-state index >= 15 is 0 Å². The van der Waals surface area contributed by atoms with Crippen LogP contribution in [0.1, 0.15) is 19.3 Å². The Kier molecular flexibility index (Phi) is 4.86. The van der Waals surface area contributed by atoms with E-state index in [1.807, 2.05) is 24.3 Å². The number of hydrogen-bond acceptors (Lipinski definition) is 4. The summed E-state index contributed by atoms with van der Waals surface area (Å²) >= 11 is 0. The SMILES string of the molecule is CS(=O)(=O)N[C@H]1CCC[C@@H]1CNC(=O)Cn1ncc2ccccc21. The molecule has 3 rings (SSSR count). The highest BCUT2D eigenvalue weighted by atomic mass is 32.2. The van der Waals surface area contributed by atoms with Gasteiger partial charge in [0.1, 0.15) is 6.54 Å². The second-order valence-corrected chi connectivity index (χ2v) is 8.13. The van der Waals surface area contributed by atoms with Crippen LogP contribution >= 0.6 is 0 Å². The zero-order valence-electron chi connectivity index (χ0n) is 13.6. The zero-order chi connectivity index (χ0) is 17.2. The number of hydrogen-bond donors (Lipinski definition) is 2. The first-order chi connectivity index (χ1) is 11.4. The van der Waals surface area contributed by atoms with E-state index in [1.165, 1.54) is 6.26 Å². The Bertz CT molecular complexity index is 831. The van der Waals surface area contributed by atoms with Gasteiger partial charge in [0.25, 0.3) is 0 Å². The maximum Gasteiger partial charge on any atom is 0.241 e. The molecule has 2 aromatic rings. The molecule has 2 atom stereocenters. The van der Waals surface area contributed by atoms with Crippen LogP contribution in [-0.4, -0.2) is 42.9 Å². The number of para-hydroxylation sites is 1. The predicted octanol–water partition coefficient (Wildman–Crippen LogP) is 0.870. The number of rotatable bonds is 6. The Morgan fingerprint density at radius 2 is 2.12 bits per heavy atom. The van der Waals surface area contributed by atoms with Gasteiger partial charge in [0.15, 0.2) is 0 Å². The molecule has 130 valence electrons. The summed E-state index contributed by atoms with van der Waals surface area (Å²) in [5.74, 6) is 0.0203. The monoisotopic (exact) mass is 350 g/mol. The number of fused-ring (bicyclic) bond motifs is 1. The molecule has 0 spiro atoms. The normalized spacial score (nSPS) is 21.2. The molecule has 8 heteroatoms. The average Bonchev–Trinajstić information content (AvgIpc) is 3.11. The van der Waals surface area contributed by atoms with Crippen molar-refractivity contribution in [2.45, 2.75) is 31.8 Å². The summed E-state index contributed by atoms with van der Waals surface area (Å²) < 4.78 is 27.1.